The number of likely N-dealkylation sites (tertiary alicyclic amines) is 1. The molecule has 0 aromatic heterocycles. The molecule has 0 bridgehead atoms. The molecular formula is C16H29NO2. The molecule has 3 heteroatoms. The Morgan fingerprint density at radius 3 is 2.53 bits per heavy atom. The molecule has 1 aliphatic carbocycles. The summed E-state index contributed by atoms with van der Waals surface area (Å²) in [7, 11) is 0. The fourth-order valence-corrected chi connectivity index (χ4v) is 4.10. The maximum atomic E-state index is 11.0. The summed E-state index contributed by atoms with van der Waals surface area (Å²) in [5.74, 6) is 0.306. The summed E-state index contributed by atoms with van der Waals surface area (Å²) in [6.45, 7) is 3.40. The Hall–Kier alpha value is -0.570. The van der Waals surface area contributed by atoms with Crippen LogP contribution in [0.25, 0.3) is 0 Å². The van der Waals surface area contributed by atoms with Crippen molar-refractivity contribution >= 4 is 5.97 Å². The second-order valence-electron chi connectivity index (χ2n) is 6.45. The lowest BCUT2D eigenvalue weighted by Crippen LogP contribution is -2.48. The molecule has 1 saturated heterocycles. The van der Waals surface area contributed by atoms with E-state index in [1.807, 2.05) is 0 Å². The van der Waals surface area contributed by atoms with E-state index in [0.29, 0.717) is 18.5 Å². The third-order valence-corrected chi connectivity index (χ3v) is 5.07. The number of aliphatic carboxylic acids is 1. The monoisotopic (exact) mass is 267 g/mol. The minimum absolute atomic E-state index is 0.305. The molecule has 0 spiro atoms. The van der Waals surface area contributed by atoms with E-state index in [-0.39, 0.29) is 0 Å². The van der Waals surface area contributed by atoms with Crippen LogP contribution in [0.3, 0.4) is 0 Å². The van der Waals surface area contributed by atoms with Gasteiger partial charge in [-0.1, -0.05) is 26.2 Å². The summed E-state index contributed by atoms with van der Waals surface area (Å²) in [6.07, 6.45) is 11.9. The first-order chi connectivity index (χ1) is 9.20. The Labute approximate surface area is 117 Å². The SMILES string of the molecule is CCCC1CCC(N2CCCCC2CC(=O)O)CC1. The van der Waals surface area contributed by atoms with Gasteiger partial charge in [0.2, 0.25) is 0 Å². The summed E-state index contributed by atoms with van der Waals surface area (Å²) < 4.78 is 0. The summed E-state index contributed by atoms with van der Waals surface area (Å²) in [5, 5.41) is 9.07. The highest BCUT2D eigenvalue weighted by Gasteiger charge is 2.32. The molecule has 0 radical (unpaired) electrons. The van der Waals surface area contributed by atoms with E-state index < -0.39 is 5.97 Å². The molecule has 1 saturated carbocycles. The second kappa shape index (κ2) is 7.28. The molecular weight excluding hydrogens is 238 g/mol. The molecule has 0 amide bonds. The zero-order chi connectivity index (χ0) is 13.7. The first-order valence-electron chi connectivity index (χ1n) is 8.18. The predicted octanol–water partition coefficient (Wildman–Crippen LogP) is 3.67. The van der Waals surface area contributed by atoms with E-state index in [0.717, 1.165) is 18.9 Å². The average Bonchev–Trinajstić information content (AvgIpc) is 2.40. The smallest absolute Gasteiger partial charge is 0.304 e. The number of nitrogens with zero attached hydrogens (tertiary/aromatic N) is 1. The number of carboxylic acid groups (broad SMARTS) is 1. The van der Waals surface area contributed by atoms with Gasteiger partial charge in [-0.05, 0) is 51.0 Å². The molecule has 1 aliphatic heterocycles. The van der Waals surface area contributed by atoms with Crippen molar-refractivity contribution in [2.24, 2.45) is 5.92 Å². The highest BCUT2D eigenvalue weighted by molar-refractivity contribution is 5.67. The second-order valence-corrected chi connectivity index (χ2v) is 6.45. The van der Waals surface area contributed by atoms with Crippen molar-refractivity contribution in [3.8, 4) is 0 Å². The number of carboxylic acids is 1. The fourth-order valence-electron chi connectivity index (χ4n) is 4.10. The maximum Gasteiger partial charge on any atom is 0.304 e. The maximum absolute atomic E-state index is 11.0. The van der Waals surface area contributed by atoms with Crippen LogP contribution in [0.4, 0.5) is 0 Å². The molecule has 2 fully saturated rings. The van der Waals surface area contributed by atoms with Crippen LogP contribution < -0.4 is 0 Å². The van der Waals surface area contributed by atoms with E-state index in [4.69, 9.17) is 5.11 Å². The van der Waals surface area contributed by atoms with Crippen molar-refractivity contribution < 1.29 is 9.90 Å². The quantitative estimate of drug-likeness (QED) is 0.826. The normalized spacial score (nSPS) is 33.2. The van der Waals surface area contributed by atoms with E-state index in [1.165, 1.54) is 51.4 Å². The Balaban J connectivity index is 1.86. The molecule has 1 atom stereocenters. The summed E-state index contributed by atoms with van der Waals surface area (Å²) in [4.78, 5) is 13.5. The van der Waals surface area contributed by atoms with Gasteiger partial charge in [0.05, 0.1) is 6.42 Å². The fraction of sp³-hybridized carbons (Fsp3) is 0.938. The minimum atomic E-state index is -0.628. The lowest BCUT2D eigenvalue weighted by Gasteiger charge is -2.43. The Kier molecular flexibility index (Phi) is 5.68. The van der Waals surface area contributed by atoms with Crippen LogP contribution >= 0.6 is 0 Å². The standard InChI is InChI=1S/C16H29NO2/c1-2-5-13-7-9-14(10-8-13)17-11-4-3-6-15(17)12-16(18)19/h13-15H,2-12H2,1H3,(H,18,19). The predicted molar refractivity (Wildman–Crippen MR) is 77.3 cm³/mol. The van der Waals surface area contributed by atoms with E-state index in [1.54, 1.807) is 0 Å². The van der Waals surface area contributed by atoms with Crippen LogP contribution in [-0.2, 0) is 4.79 Å². The van der Waals surface area contributed by atoms with Crippen molar-refractivity contribution in [2.45, 2.75) is 83.2 Å². The lowest BCUT2D eigenvalue weighted by molar-refractivity contribution is -0.139. The molecule has 1 N–H and O–H groups in total. The van der Waals surface area contributed by atoms with Gasteiger partial charge in [0.25, 0.3) is 0 Å². The number of rotatable bonds is 5. The molecule has 2 aliphatic rings. The number of hydrogen-bond donors (Lipinski definition) is 1. The molecule has 1 unspecified atom stereocenters. The van der Waals surface area contributed by atoms with Gasteiger partial charge in [-0.3, -0.25) is 9.69 Å². The zero-order valence-corrected chi connectivity index (χ0v) is 12.3. The Bertz CT molecular complexity index is 284. The number of carbonyl (C=O) groups is 1. The van der Waals surface area contributed by atoms with E-state index >= 15 is 0 Å². The van der Waals surface area contributed by atoms with Gasteiger partial charge < -0.3 is 5.11 Å². The van der Waals surface area contributed by atoms with Crippen molar-refractivity contribution in [2.75, 3.05) is 6.54 Å². The summed E-state index contributed by atoms with van der Waals surface area (Å²) >= 11 is 0. The van der Waals surface area contributed by atoms with Crippen molar-refractivity contribution in [1.82, 2.24) is 4.90 Å². The Morgan fingerprint density at radius 2 is 1.89 bits per heavy atom. The van der Waals surface area contributed by atoms with Gasteiger partial charge in [-0.15, -0.1) is 0 Å². The highest BCUT2D eigenvalue weighted by atomic mass is 16.4. The number of piperidine rings is 1. The van der Waals surface area contributed by atoms with Crippen LogP contribution in [0, 0.1) is 5.92 Å². The largest absolute Gasteiger partial charge is 0.481 e. The summed E-state index contributed by atoms with van der Waals surface area (Å²) in [6, 6.07) is 0.969. The van der Waals surface area contributed by atoms with Gasteiger partial charge in [0.15, 0.2) is 0 Å². The molecule has 0 aromatic rings. The Morgan fingerprint density at radius 1 is 1.16 bits per heavy atom. The summed E-state index contributed by atoms with van der Waals surface area (Å²) in [5.41, 5.74) is 0. The molecule has 2 rings (SSSR count). The van der Waals surface area contributed by atoms with Gasteiger partial charge in [-0.25, -0.2) is 0 Å². The molecule has 3 nitrogen and oxygen atoms in total. The lowest BCUT2D eigenvalue weighted by atomic mass is 9.81. The molecule has 1 heterocycles. The molecule has 110 valence electrons. The van der Waals surface area contributed by atoms with E-state index in [2.05, 4.69) is 11.8 Å². The van der Waals surface area contributed by atoms with Gasteiger partial charge in [0, 0.05) is 12.1 Å². The third-order valence-electron chi connectivity index (χ3n) is 5.07. The van der Waals surface area contributed by atoms with Crippen molar-refractivity contribution in [3.05, 3.63) is 0 Å². The van der Waals surface area contributed by atoms with Gasteiger partial charge >= 0.3 is 5.97 Å². The zero-order valence-electron chi connectivity index (χ0n) is 12.3. The first-order valence-corrected chi connectivity index (χ1v) is 8.18. The topological polar surface area (TPSA) is 40.5 Å². The minimum Gasteiger partial charge on any atom is -0.481 e. The first kappa shape index (κ1) is 14.8. The van der Waals surface area contributed by atoms with Crippen molar-refractivity contribution in [3.63, 3.8) is 0 Å². The third kappa shape index (κ3) is 4.20. The van der Waals surface area contributed by atoms with Crippen molar-refractivity contribution in [1.29, 1.82) is 0 Å². The van der Waals surface area contributed by atoms with Crippen LogP contribution in [0.2, 0.25) is 0 Å². The average molecular weight is 267 g/mol. The number of hydrogen-bond acceptors (Lipinski definition) is 2. The molecule has 19 heavy (non-hydrogen) atoms. The van der Waals surface area contributed by atoms with Crippen LogP contribution in [0.5, 0.6) is 0 Å². The van der Waals surface area contributed by atoms with Crippen LogP contribution in [0.15, 0.2) is 0 Å². The van der Waals surface area contributed by atoms with Gasteiger partial charge in [0.1, 0.15) is 0 Å². The van der Waals surface area contributed by atoms with Crippen LogP contribution in [0.1, 0.15) is 71.1 Å². The van der Waals surface area contributed by atoms with Gasteiger partial charge in [-0.2, -0.15) is 0 Å². The van der Waals surface area contributed by atoms with E-state index in [9.17, 15) is 4.79 Å². The molecule has 0 aromatic carbocycles. The highest BCUT2D eigenvalue weighted by Crippen LogP contribution is 2.33. The van der Waals surface area contributed by atoms with Crippen LogP contribution in [-0.4, -0.2) is 34.6 Å².